The second-order valence-electron chi connectivity index (χ2n) is 2.42. The minimum atomic E-state index is 0.611. The molecule has 0 amide bonds. The van der Waals surface area contributed by atoms with Gasteiger partial charge in [-0.1, -0.05) is 6.92 Å². The Hall–Kier alpha value is -0.0400. The molecule has 0 aliphatic carbocycles. The lowest BCUT2D eigenvalue weighted by Crippen LogP contribution is -2.26. The minimum Gasteiger partial charge on any atom is -0.301 e. The van der Waals surface area contributed by atoms with Gasteiger partial charge in [0.2, 0.25) is 0 Å². The normalized spacial score (nSPS) is 31.5. The van der Waals surface area contributed by atoms with E-state index in [0.29, 0.717) is 6.04 Å². The van der Waals surface area contributed by atoms with Gasteiger partial charge in [-0.15, -0.1) is 0 Å². The molecule has 1 atom stereocenters. The lowest BCUT2D eigenvalue weighted by Gasteiger charge is -2.17. The Morgan fingerprint density at radius 3 is 2.75 bits per heavy atom. The molecule has 0 unspecified atom stereocenters. The van der Waals surface area contributed by atoms with Crippen LogP contribution in [0.1, 0.15) is 19.8 Å². The van der Waals surface area contributed by atoms with E-state index in [4.69, 9.17) is 0 Å². The van der Waals surface area contributed by atoms with Crippen molar-refractivity contribution >= 4 is 0 Å². The fourth-order valence-corrected chi connectivity index (χ4v) is 1.31. The number of likely N-dealkylation sites (tertiary alicyclic amines) is 1. The van der Waals surface area contributed by atoms with Gasteiger partial charge in [0, 0.05) is 6.04 Å². The second-order valence-corrected chi connectivity index (χ2v) is 2.42. The molecule has 0 saturated carbocycles. The van der Waals surface area contributed by atoms with Crippen LogP contribution in [-0.4, -0.2) is 24.0 Å². The first-order valence-corrected chi connectivity index (χ1v) is 3.41. The van der Waals surface area contributed by atoms with E-state index >= 15 is 0 Å². The first-order chi connectivity index (χ1) is 3.84. The van der Waals surface area contributed by atoms with Crippen molar-refractivity contribution < 1.29 is 0 Å². The van der Waals surface area contributed by atoms with E-state index < -0.39 is 0 Å². The van der Waals surface area contributed by atoms with Crippen molar-refractivity contribution in [3.8, 4) is 0 Å². The third-order valence-corrected chi connectivity index (χ3v) is 1.91. The molecule has 0 aromatic heterocycles. The zero-order valence-electron chi connectivity index (χ0n) is 5.56. The van der Waals surface area contributed by atoms with E-state index in [9.17, 15) is 0 Å². The molecular formula is C7H14N. The summed E-state index contributed by atoms with van der Waals surface area (Å²) in [6, 6.07) is 0.611. The Morgan fingerprint density at radius 2 is 2.50 bits per heavy atom. The van der Waals surface area contributed by atoms with Crippen LogP contribution in [0.2, 0.25) is 0 Å². The SMILES string of the molecule is [CH2][C@@H]1CCCN1CC. The molecule has 1 heterocycles. The smallest absolute Gasteiger partial charge is 0.00961 e. The lowest BCUT2D eigenvalue weighted by molar-refractivity contribution is 0.304. The average Bonchev–Trinajstić information content (AvgIpc) is 2.14. The third kappa shape index (κ3) is 1.03. The van der Waals surface area contributed by atoms with Crippen LogP contribution in [0.3, 0.4) is 0 Å². The second kappa shape index (κ2) is 2.49. The molecule has 1 fully saturated rings. The van der Waals surface area contributed by atoms with E-state index in [1.807, 2.05) is 0 Å². The molecule has 1 heteroatoms. The van der Waals surface area contributed by atoms with Gasteiger partial charge in [-0.3, -0.25) is 0 Å². The molecule has 0 aromatic carbocycles. The highest BCUT2D eigenvalue weighted by Gasteiger charge is 2.17. The molecule has 1 rings (SSSR count). The quantitative estimate of drug-likeness (QED) is 0.494. The maximum atomic E-state index is 4.02. The standard InChI is InChI=1S/C7H14N/c1-3-8-6-4-5-7(8)2/h7H,2-6H2,1H3/t7-/m1/s1. The molecule has 1 saturated heterocycles. The topological polar surface area (TPSA) is 3.24 Å². The molecule has 1 nitrogen and oxygen atoms in total. The van der Waals surface area contributed by atoms with Crippen molar-refractivity contribution in [1.82, 2.24) is 4.90 Å². The number of hydrogen-bond donors (Lipinski definition) is 0. The predicted octanol–water partition coefficient (Wildman–Crippen LogP) is 1.30. The Labute approximate surface area is 51.7 Å². The van der Waals surface area contributed by atoms with Crippen LogP contribution in [0.25, 0.3) is 0 Å². The van der Waals surface area contributed by atoms with Crippen molar-refractivity contribution in [3.63, 3.8) is 0 Å². The number of rotatable bonds is 1. The van der Waals surface area contributed by atoms with E-state index in [0.717, 1.165) is 0 Å². The summed E-state index contributed by atoms with van der Waals surface area (Å²) in [6.45, 7) is 8.66. The third-order valence-electron chi connectivity index (χ3n) is 1.91. The summed E-state index contributed by atoms with van der Waals surface area (Å²) in [6.07, 6.45) is 2.65. The maximum absolute atomic E-state index is 4.02. The van der Waals surface area contributed by atoms with Crippen molar-refractivity contribution in [2.75, 3.05) is 13.1 Å². The molecule has 0 aromatic rings. The molecule has 1 aliphatic heterocycles. The highest BCUT2D eigenvalue weighted by molar-refractivity contribution is 4.79. The molecule has 47 valence electrons. The van der Waals surface area contributed by atoms with Gasteiger partial charge in [0.05, 0.1) is 0 Å². The van der Waals surface area contributed by atoms with E-state index in [-0.39, 0.29) is 0 Å². The average molecular weight is 112 g/mol. The van der Waals surface area contributed by atoms with Gasteiger partial charge in [0.15, 0.2) is 0 Å². The fourth-order valence-electron chi connectivity index (χ4n) is 1.31. The molecule has 1 radical (unpaired) electrons. The van der Waals surface area contributed by atoms with Gasteiger partial charge >= 0.3 is 0 Å². The molecular weight excluding hydrogens is 98.1 g/mol. The summed E-state index contributed by atoms with van der Waals surface area (Å²) in [5.41, 5.74) is 0. The van der Waals surface area contributed by atoms with Crippen molar-refractivity contribution in [2.45, 2.75) is 25.8 Å². The van der Waals surface area contributed by atoms with E-state index in [2.05, 4.69) is 18.7 Å². The molecule has 8 heavy (non-hydrogen) atoms. The number of hydrogen-bond acceptors (Lipinski definition) is 1. The highest BCUT2D eigenvalue weighted by Crippen LogP contribution is 2.14. The van der Waals surface area contributed by atoms with Crippen molar-refractivity contribution in [1.29, 1.82) is 0 Å². The predicted molar refractivity (Wildman–Crippen MR) is 35.6 cm³/mol. The maximum Gasteiger partial charge on any atom is 0.00961 e. The Morgan fingerprint density at radius 1 is 1.75 bits per heavy atom. The van der Waals surface area contributed by atoms with Crippen LogP contribution in [0.4, 0.5) is 0 Å². The van der Waals surface area contributed by atoms with Gasteiger partial charge in [0.25, 0.3) is 0 Å². The fraction of sp³-hybridized carbons (Fsp3) is 0.857. The summed E-state index contributed by atoms with van der Waals surface area (Å²) in [5.74, 6) is 0. The van der Waals surface area contributed by atoms with Crippen molar-refractivity contribution in [3.05, 3.63) is 6.92 Å². The lowest BCUT2D eigenvalue weighted by atomic mass is 10.2. The van der Waals surface area contributed by atoms with Gasteiger partial charge in [-0.2, -0.15) is 0 Å². The molecule has 1 aliphatic rings. The van der Waals surface area contributed by atoms with Crippen LogP contribution in [0, 0.1) is 6.92 Å². The summed E-state index contributed by atoms with van der Waals surface area (Å²) in [4.78, 5) is 2.42. The van der Waals surface area contributed by atoms with Crippen LogP contribution in [0.15, 0.2) is 0 Å². The highest BCUT2D eigenvalue weighted by atomic mass is 15.2. The van der Waals surface area contributed by atoms with E-state index in [1.54, 1.807) is 0 Å². The Balaban J connectivity index is 2.30. The van der Waals surface area contributed by atoms with Crippen LogP contribution in [0.5, 0.6) is 0 Å². The summed E-state index contributed by atoms with van der Waals surface area (Å²) in [5, 5.41) is 0. The monoisotopic (exact) mass is 112 g/mol. The van der Waals surface area contributed by atoms with Crippen LogP contribution in [-0.2, 0) is 0 Å². The first-order valence-electron chi connectivity index (χ1n) is 3.41. The largest absolute Gasteiger partial charge is 0.301 e. The zero-order chi connectivity index (χ0) is 5.98. The van der Waals surface area contributed by atoms with Gasteiger partial charge in [-0.25, -0.2) is 0 Å². The molecule has 0 N–H and O–H groups in total. The Bertz CT molecular complexity index is 70.8. The van der Waals surface area contributed by atoms with Crippen LogP contribution < -0.4 is 0 Å². The van der Waals surface area contributed by atoms with Gasteiger partial charge in [0.1, 0.15) is 0 Å². The van der Waals surface area contributed by atoms with Crippen molar-refractivity contribution in [2.24, 2.45) is 0 Å². The van der Waals surface area contributed by atoms with Crippen LogP contribution >= 0.6 is 0 Å². The number of nitrogens with zero attached hydrogens (tertiary/aromatic N) is 1. The van der Waals surface area contributed by atoms with E-state index in [1.165, 1.54) is 25.9 Å². The summed E-state index contributed by atoms with van der Waals surface area (Å²) < 4.78 is 0. The van der Waals surface area contributed by atoms with Gasteiger partial charge < -0.3 is 4.90 Å². The molecule has 0 spiro atoms. The first kappa shape index (κ1) is 6.09. The minimum absolute atomic E-state index is 0.611. The summed E-state index contributed by atoms with van der Waals surface area (Å²) >= 11 is 0. The Kier molecular flexibility index (Phi) is 1.90. The van der Waals surface area contributed by atoms with Gasteiger partial charge in [-0.05, 0) is 32.9 Å². The summed E-state index contributed by atoms with van der Waals surface area (Å²) in [7, 11) is 0. The zero-order valence-corrected chi connectivity index (χ0v) is 5.56. The molecule has 0 bridgehead atoms.